The minimum absolute atomic E-state index is 0.224. The van der Waals surface area contributed by atoms with Gasteiger partial charge in [0.2, 0.25) is 0 Å². The third-order valence-electron chi connectivity index (χ3n) is 5.58. The topological polar surface area (TPSA) is 46.2 Å². The van der Waals surface area contributed by atoms with E-state index in [2.05, 4.69) is 21.4 Å². The number of nitrogens with zero attached hydrogens (tertiary/aromatic N) is 2. The summed E-state index contributed by atoms with van der Waals surface area (Å²) in [7, 11) is 0.500. The van der Waals surface area contributed by atoms with E-state index in [0.29, 0.717) is 36.8 Å². The number of rotatable bonds is 6. The number of halogens is 2. The third kappa shape index (κ3) is 5.69. The van der Waals surface area contributed by atoms with Gasteiger partial charge in [-0.25, -0.2) is 4.39 Å². The number of alkyl halides is 1. The van der Waals surface area contributed by atoms with Gasteiger partial charge in [-0.2, -0.15) is 0 Å². The maximum absolute atomic E-state index is 15.5. The summed E-state index contributed by atoms with van der Waals surface area (Å²) >= 11 is 0. The highest BCUT2D eigenvalue weighted by Gasteiger charge is 2.30. The van der Waals surface area contributed by atoms with Crippen molar-refractivity contribution in [2.45, 2.75) is 58.5 Å². The van der Waals surface area contributed by atoms with Gasteiger partial charge in [0.05, 0.1) is 18.6 Å². The first-order valence-electron chi connectivity index (χ1n) is 11.2. The van der Waals surface area contributed by atoms with Crippen LogP contribution in [0.15, 0.2) is 49.4 Å². The lowest BCUT2D eigenvalue weighted by Crippen LogP contribution is -2.31. The largest absolute Gasteiger partial charge is 0.398 e. The fourth-order valence-corrected chi connectivity index (χ4v) is 4.19. The molecule has 1 aliphatic heterocycles. The molecule has 0 radical (unpaired) electrons. The Labute approximate surface area is 185 Å². The minimum Gasteiger partial charge on any atom is -0.398 e. The molecule has 1 fully saturated rings. The van der Waals surface area contributed by atoms with E-state index in [4.69, 9.17) is 5.73 Å². The molecule has 0 atom stereocenters. The lowest BCUT2D eigenvalue weighted by atomic mass is 9.96. The van der Waals surface area contributed by atoms with Crippen molar-refractivity contribution in [3.63, 3.8) is 0 Å². The van der Waals surface area contributed by atoms with Crippen LogP contribution in [0, 0.1) is 5.82 Å². The van der Waals surface area contributed by atoms with Crippen molar-refractivity contribution in [2.75, 3.05) is 29.7 Å². The van der Waals surface area contributed by atoms with Gasteiger partial charge in [-0.15, -0.1) is 0 Å². The first-order valence-corrected chi connectivity index (χ1v) is 11.2. The van der Waals surface area contributed by atoms with Crippen molar-refractivity contribution in [1.82, 2.24) is 4.57 Å². The summed E-state index contributed by atoms with van der Waals surface area (Å²) in [5, 5.41) is 3.24. The van der Waals surface area contributed by atoms with Crippen molar-refractivity contribution in [3.05, 3.63) is 60.8 Å². The Morgan fingerprint density at radius 1 is 1.16 bits per heavy atom. The molecular formula is C25H36F2N4. The van der Waals surface area contributed by atoms with E-state index in [1.165, 1.54) is 12.8 Å². The first kappa shape index (κ1) is 24.5. The molecule has 2 aromatic rings. The van der Waals surface area contributed by atoms with Crippen LogP contribution in [0.5, 0.6) is 0 Å². The molecule has 31 heavy (non-hydrogen) atoms. The summed E-state index contributed by atoms with van der Waals surface area (Å²) in [5.74, 6) is -0.224. The van der Waals surface area contributed by atoms with Gasteiger partial charge in [-0.1, -0.05) is 33.3 Å². The summed E-state index contributed by atoms with van der Waals surface area (Å²) in [6, 6.07) is 6.07. The van der Waals surface area contributed by atoms with Gasteiger partial charge < -0.3 is 20.5 Å². The molecular weight excluding hydrogens is 394 g/mol. The summed E-state index contributed by atoms with van der Waals surface area (Å²) in [5.41, 5.74) is 9.46. The molecule has 4 nitrogen and oxygen atoms in total. The van der Waals surface area contributed by atoms with Crippen LogP contribution < -0.4 is 16.0 Å². The summed E-state index contributed by atoms with van der Waals surface area (Å²) < 4.78 is 27.1. The molecule has 3 N–H and O–H groups in total. The monoisotopic (exact) mass is 430 g/mol. The number of aromatic nitrogens is 1. The Balaban J connectivity index is 0.000000807. The second-order valence-corrected chi connectivity index (χ2v) is 7.44. The van der Waals surface area contributed by atoms with Gasteiger partial charge in [0.1, 0.15) is 0 Å². The zero-order valence-corrected chi connectivity index (χ0v) is 19.0. The molecule has 0 saturated heterocycles. The predicted molar refractivity (Wildman–Crippen MR) is 130 cm³/mol. The molecule has 6 heteroatoms. The zero-order chi connectivity index (χ0) is 22.8. The molecule has 170 valence electrons. The summed E-state index contributed by atoms with van der Waals surface area (Å²) in [4.78, 5) is 2.08. The van der Waals surface area contributed by atoms with Crippen LogP contribution in [-0.2, 0) is 6.54 Å². The van der Waals surface area contributed by atoms with Crippen molar-refractivity contribution >= 4 is 22.6 Å². The number of hydrogen-bond acceptors (Lipinski definition) is 3. The number of fused-ring (bicyclic) bond motifs is 1. The number of hydrogen-bond donors (Lipinski definition) is 2. The number of aryl methyl sites for hydroxylation is 1. The van der Waals surface area contributed by atoms with Gasteiger partial charge in [-0.05, 0) is 49.1 Å². The van der Waals surface area contributed by atoms with Crippen LogP contribution in [0.25, 0.3) is 5.57 Å². The van der Waals surface area contributed by atoms with Crippen molar-refractivity contribution in [3.8, 4) is 0 Å². The Bertz CT molecular complexity index is 853. The minimum atomic E-state index is -0.224. The van der Waals surface area contributed by atoms with Gasteiger partial charge in [-0.3, -0.25) is 4.39 Å². The van der Waals surface area contributed by atoms with Gasteiger partial charge in [0, 0.05) is 49.0 Å². The number of nitrogens with two attached hydrogens (primary N) is 1. The van der Waals surface area contributed by atoms with Crippen LogP contribution in [0.4, 0.5) is 25.8 Å². The van der Waals surface area contributed by atoms with Gasteiger partial charge in [0.15, 0.2) is 5.82 Å². The van der Waals surface area contributed by atoms with Crippen LogP contribution in [-0.4, -0.2) is 24.3 Å². The molecule has 1 aromatic carbocycles. The summed E-state index contributed by atoms with van der Waals surface area (Å²) in [6.07, 6.45) is 13.5. The van der Waals surface area contributed by atoms with Gasteiger partial charge in [0.25, 0.3) is 0 Å². The number of anilines is 3. The highest BCUT2D eigenvalue weighted by Crippen LogP contribution is 2.44. The predicted octanol–water partition coefficient (Wildman–Crippen LogP) is 6.61. The fraction of sp³-hybridized carbons (Fsp3) is 0.440. The normalized spacial score (nSPS) is 15.0. The van der Waals surface area contributed by atoms with E-state index in [1.54, 1.807) is 6.07 Å². The zero-order valence-electron chi connectivity index (χ0n) is 19.0. The van der Waals surface area contributed by atoms with Crippen LogP contribution >= 0.6 is 0 Å². The molecule has 0 spiro atoms. The van der Waals surface area contributed by atoms with E-state index >= 15 is 4.39 Å². The van der Waals surface area contributed by atoms with Crippen LogP contribution in [0.1, 0.15) is 51.5 Å². The molecule has 1 saturated carbocycles. The lowest BCUT2D eigenvalue weighted by molar-refractivity contribution is 0.602. The maximum Gasteiger partial charge on any atom is 0.170 e. The first-order chi connectivity index (χ1) is 15.1. The van der Waals surface area contributed by atoms with Crippen molar-refractivity contribution in [2.24, 2.45) is 0 Å². The molecule has 2 heterocycles. The Morgan fingerprint density at radius 3 is 2.45 bits per heavy atom. The van der Waals surface area contributed by atoms with Crippen LogP contribution in [0.3, 0.4) is 0 Å². The maximum atomic E-state index is 15.5. The number of nitrogens with one attached hydrogen (secondary N) is 1. The van der Waals surface area contributed by atoms with Crippen molar-refractivity contribution < 1.29 is 8.78 Å². The standard InChI is InChI=1S/C22H27FN4.C2H6.CH3F/c1-16-9-14-27(17-7-2-3-8-17)22-20(16)18(24)15-19(21(22)23)25-10-6-13-26-11-4-5-12-26;2*1-2/h4-5,9,11-12,14-15,17,25H,1-3,6-8,10,13,24H2;1-2H3;1H3. The molecule has 1 aliphatic carbocycles. The highest BCUT2D eigenvalue weighted by atomic mass is 19.1. The van der Waals surface area contributed by atoms with Gasteiger partial charge >= 0.3 is 0 Å². The average Bonchev–Trinajstić information content (AvgIpc) is 3.51. The third-order valence-corrected chi connectivity index (χ3v) is 5.58. The number of allylic oxidation sites excluding steroid dienone is 2. The number of benzene rings is 1. The number of nitrogen functional groups attached to an aromatic ring is 1. The highest BCUT2D eigenvalue weighted by molar-refractivity contribution is 5.93. The summed E-state index contributed by atoms with van der Waals surface area (Å²) in [6.45, 7) is 9.66. The molecule has 2 aliphatic rings. The Hall–Kier alpha value is -2.76. The van der Waals surface area contributed by atoms with E-state index < -0.39 is 0 Å². The average molecular weight is 431 g/mol. The molecule has 4 rings (SSSR count). The second kappa shape index (κ2) is 12.2. The molecule has 0 unspecified atom stereocenters. The van der Waals surface area contributed by atoms with E-state index in [0.717, 1.165) is 36.9 Å². The Kier molecular flexibility index (Phi) is 9.63. The van der Waals surface area contributed by atoms with Crippen molar-refractivity contribution in [1.29, 1.82) is 0 Å². The molecule has 0 amide bonds. The SMILES string of the molecule is C=C1C=CN(C2CCCC2)c2c(F)c(NCCCn3cccc3)cc(N)c21.CC.CF. The second-order valence-electron chi connectivity index (χ2n) is 7.44. The Morgan fingerprint density at radius 2 is 1.81 bits per heavy atom. The lowest BCUT2D eigenvalue weighted by Gasteiger charge is -2.34. The molecule has 0 bridgehead atoms. The van der Waals surface area contributed by atoms with E-state index in [-0.39, 0.29) is 5.82 Å². The fourth-order valence-electron chi connectivity index (χ4n) is 4.19. The van der Waals surface area contributed by atoms with E-state index in [1.807, 2.05) is 50.6 Å². The smallest absolute Gasteiger partial charge is 0.170 e. The quantitative estimate of drug-likeness (QED) is 0.400. The van der Waals surface area contributed by atoms with E-state index in [9.17, 15) is 4.39 Å². The molecule has 1 aromatic heterocycles. The van der Waals surface area contributed by atoms with Crippen LogP contribution in [0.2, 0.25) is 0 Å².